The Morgan fingerprint density at radius 1 is 1.50 bits per heavy atom. The van der Waals surface area contributed by atoms with E-state index in [4.69, 9.17) is 16.3 Å². The van der Waals surface area contributed by atoms with E-state index in [0.717, 1.165) is 12.8 Å². The minimum atomic E-state index is -0.176. The van der Waals surface area contributed by atoms with Crippen molar-refractivity contribution in [3.8, 4) is 0 Å². The van der Waals surface area contributed by atoms with Gasteiger partial charge in [0.25, 0.3) is 0 Å². The Balaban J connectivity index is 3.27. The van der Waals surface area contributed by atoms with Gasteiger partial charge in [0, 0.05) is 5.88 Å². The molecule has 0 spiro atoms. The van der Waals surface area contributed by atoms with E-state index in [1.807, 2.05) is 0 Å². The molecule has 3 heteroatoms. The van der Waals surface area contributed by atoms with Crippen molar-refractivity contribution in [1.29, 1.82) is 0 Å². The minimum Gasteiger partial charge on any atom is -0.465 e. The van der Waals surface area contributed by atoms with Gasteiger partial charge in [-0.2, -0.15) is 0 Å². The van der Waals surface area contributed by atoms with Crippen LogP contribution in [-0.2, 0) is 9.53 Å². The van der Waals surface area contributed by atoms with E-state index >= 15 is 0 Å². The van der Waals surface area contributed by atoms with Crippen molar-refractivity contribution in [3.05, 3.63) is 12.2 Å². The molecule has 0 rings (SSSR count). The number of hydrogen-bond donors (Lipinski definition) is 0. The van der Waals surface area contributed by atoms with Crippen molar-refractivity contribution < 1.29 is 9.53 Å². The molecule has 0 saturated heterocycles. The fourth-order valence-corrected chi connectivity index (χ4v) is 0.758. The highest BCUT2D eigenvalue weighted by Gasteiger charge is 1.97. The summed E-state index contributed by atoms with van der Waals surface area (Å²) in [7, 11) is 0. The van der Waals surface area contributed by atoms with E-state index < -0.39 is 0 Å². The van der Waals surface area contributed by atoms with Gasteiger partial charge in [-0.15, -0.1) is 11.6 Å². The predicted octanol–water partition coefficient (Wildman–Crippen LogP) is 2.51. The molecule has 0 atom stereocenters. The summed E-state index contributed by atoms with van der Waals surface area (Å²) in [6, 6.07) is 0. The molecule has 0 bridgehead atoms. The second-order valence-corrected chi connectivity index (χ2v) is 2.71. The average Bonchev–Trinajstić information content (AvgIpc) is 2.06. The van der Waals surface area contributed by atoms with Crippen LogP contribution in [0.2, 0.25) is 0 Å². The van der Waals surface area contributed by atoms with Gasteiger partial charge in [-0.25, -0.2) is 0 Å². The molecule has 0 saturated carbocycles. The second-order valence-electron chi connectivity index (χ2n) is 2.40. The molecule has 0 aromatic rings. The maximum absolute atomic E-state index is 10.9. The molecule has 0 heterocycles. The van der Waals surface area contributed by atoms with Gasteiger partial charge in [-0.3, -0.25) is 4.79 Å². The summed E-state index contributed by atoms with van der Waals surface area (Å²) in [6.07, 6.45) is 5.77. The largest absolute Gasteiger partial charge is 0.465 e. The molecule has 0 aromatic heterocycles. The molecule has 0 radical (unpaired) electrons. The van der Waals surface area contributed by atoms with E-state index in [0.29, 0.717) is 18.9 Å². The maximum atomic E-state index is 10.9. The Bertz CT molecular complexity index is 143. The number of carbonyl (C=O) groups is 1. The zero-order valence-electron chi connectivity index (χ0n) is 7.38. The molecule has 0 fully saturated rings. The average molecular weight is 191 g/mol. The van der Waals surface area contributed by atoms with Gasteiger partial charge in [-0.05, 0) is 6.42 Å². The molecule has 0 aromatic carbocycles. The molecular weight excluding hydrogens is 176 g/mol. The number of carbonyl (C=O) groups excluding carboxylic acids is 1. The lowest BCUT2D eigenvalue weighted by Crippen LogP contribution is -2.03. The van der Waals surface area contributed by atoms with Crippen molar-refractivity contribution in [2.75, 3.05) is 12.5 Å². The van der Waals surface area contributed by atoms with Crippen molar-refractivity contribution in [2.24, 2.45) is 0 Å². The number of halogens is 1. The smallest absolute Gasteiger partial charge is 0.309 e. The topological polar surface area (TPSA) is 26.3 Å². The first-order valence-corrected chi connectivity index (χ1v) is 4.71. The van der Waals surface area contributed by atoms with Gasteiger partial charge in [0.1, 0.15) is 0 Å². The summed E-state index contributed by atoms with van der Waals surface area (Å²) >= 11 is 5.37. The number of esters is 1. The van der Waals surface area contributed by atoms with Gasteiger partial charge in [-0.1, -0.05) is 25.5 Å². The zero-order chi connectivity index (χ0) is 9.23. The third-order valence-corrected chi connectivity index (χ3v) is 1.48. The number of hydrogen-bond acceptors (Lipinski definition) is 2. The quantitative estimate of drug-likeness (QED) is 0.279. The van der Waals surface area contributed by atoms with E-state index in [-0.39, 0.29) is 5.97 Å². The van der Waals surface area contributed by atoms with Crippen molar-refractivity contribution in [3.63, 3.8) is 0 Å². The van der Waals surface area contributed by atoms with Gasteiger partial charge >= 0.3 is 5.97 Å². The van der Waals surface area contributed by atoms with Crippen LogP contribution in [0.5, 0.6) is 0 Å². The first kappa shape index (κ1) is 11.5. The highest BCUT2D eigenvalue weighted by Crippen LogP contribution is 1.93. The number of allylic oxidation sites excluding steroid dienone is 1. The van der Waals surface area contributed by atoms with Crippen LogP contribution >= 0.6 is 11.6 Å². The van der Waals surface area contributed by atoms with E-state index in [9.17, 15) is 4.79 Å². The Labute approximate surface area is 78.5 Å². The summed E-state index contributed by atoms with van der Waals surface area (Å²) in [4.78, 5) is 10.9. The summed E-state index contributed by atoms with van der Waals surface area (Å²) in [5.74, 6) is 0.271. The van der Waals surface area contributed by atoms with Crippen LogP contribution in [0, 0.1) is 0 Å². The first-order valence-electron chi connectivity index (χ1n) is 4.17. The van der Waals surface area contributed by atoms with Crippen LogP contribution < -0.4 is 0 Å². The molecule has 0 aliphatic rings. The zero-order valence-corrected chi connectivity index (χ0v) is 8.14. The minimum absolute atomic E-state index is 0.176. The van der Waals surface area contributed by atoms with Crippen LogP contribution in [0.25, 0.3) is 0 Å². The van der Waals surface area contributed by atoms with Crippen LogP contribution in [0.1, 0.15) is 26.2 Å². The lowest BCUT2D eigenvalue weighted by Gasteiger charge is -2.00. The number of ether oxygens (including phenoxy) is 1. The first-order chi connectivity index (χ1) is 5.81. The number of alkyl halides is 1. The Hall–Kier alpha value is -0.500. The van der Waals surface area contributed by atoms with Gasteiger partial charge in [0.05, 0.1) is 13.0 Å². The molecule has 0 unspecified atom stereocenters. The Kier molecular flexibility index (Phi) is 8.24. The molecular formula is C9H15ClO2. The highest BCUT2D eigenvalue weighted by atomic mass is 35.5. The number of rotatable bonds is 6. The summed E-state index contributed by atoms with van der Waals surface area (Å²) < 4.78 is 4.90. The molecule has 0 aliphatic carbocycles. The van der Waals surface area contributed by atoms with Crippen molar-refractivity contribution in [1.82, 2.24) is 0 Å². The third-order valence-electron chi connectivity index (χ3n) is 1.30. The van der Waals surface area contributed by atoms with E-state index in [1.165, 1.54) is 0 Å². The summed E-state index contributed by atoms with van der Waals surface area (Å²) in [6.45, 7) is 2.59. The molecule has 70 valence electrons. The fourth-order valence-electron chi connectivity index (χ4n) is 0.632. The van der Waals surface area contributed by atoms with Crippen LogP contribution in [-0.4, -0.2) is 18.5 Å². The second kappa shape index (κ2) is 8.60. The van der Waals surface area contributed by atoms with Gasteiger partial charge in [0.15, 0.2) is 0 Å². The maximum Gasteiger partial charge on any atom is 0.309 e. The Morgan fingerprint density at radius 2 is 2.25 bits per heavy atom. The summed E-state index contributed by atoms with van der Waals surface area (Å²) in [5, 5.41) is 0. The van der Waals surface area contributed by atoms with E-state index in [2.05, 4.69) is 6.92 Å². The lowest BCUT2D eigenvalue weighted by molar-refractivity contribution is -0.142. The van der Waals surface area contributed by atoms with Crippen molar-refractivity contribution >= 4 is 17.6 Å². The molecule has 0 amide bonds. The summed E-state index contributed by atoms with van der Waals surface area (Å²) in [5.41, 5.74) is 0. The normalized spacial score (nSPS) is 10.5. The SMILES string of the molecule is CCCCOC(=O)CC=CCCl. The van der Waals surface area contributed by atoms with Gasteiger partial charge < -0.3 is 4.74 Å². The monoisotopic (exact) mass is 190 g/mol. The van der Waals surface area contributed by atoms with Crippen LogP contribution in [0.15, 0.2) is 12.2 Å². The molecule has 12 heavy (non-hydrogen) atoms. The molecule has 0 aliphatic heterocycles. The predicted molar refractivity (Wildman–Crippen MR) is 50.3 cm³/mol. The van der Waals surface area contributed by atoms with Crippen LogP contribution in [0.3, 0.4) is 0 Å². The molecule has 0 N–H and O–H groups in total. The standard InChI is InChI=1S/C9H15ClO2/c1-2-3-8-12-9(11)6-4-5-7-10/h4-5H,2-3,6-8H2,1H3. The fraction of sp³-hybridized carbons (Fsp3) is 0.667. The van der Waals surface area contributed by atoms with Gasteiger partial charge in [0.2, 0.25) is 0 Å². The lowest BCUT2D eigenvalue weighted by atomic mass is 10.3. The Morgan fingerprint density at radius 3 is 2.83 bits per heavy atom. The third kappa shape index (κ3) is 7.61. The van der Waals surface area contributed by atoms with E-state index in [1.54, 1.807) is 12.2 Å². The van der Waals surface area contributed by atoms with Crippen molar-refractivity contribution in [2.45, 2.75) is 26.2 Å². The van der Waals surface area contributed by atoms with Crippen LogP contribution in [0.4, 0.5) is 0 Å². The molecule has 2 nitrogen and oxygen atoms in total. The number of unbranched alkanes of at least 4 members (excludes halogenated alkanes) is 1. The highest BCUT2D eigenvalue weighted by molar-refractivity contribution is 6.18.